The molecule has 0 bridgehead atoms. The van der Waals surface area contributed by atoms with E-state index >= 15 is 0 Å². The van der Waals surface area contributed by atoms with Crippen molar-refractivity contribution < 1.29 is 19.2 Å². The fourth-order valence-electron chi connectivity index (χ4n) is 2.56. The number of nitrogens with zero attached hydrogens (tertiary/aromatic N) is 2. The third-order valence-electron chi connectivity index (χ3n) is 3.81. The maximum atomic E-state index is 11.7. The van der Waals surface area contributed by atoms with E-state index in [0.717, 1.165) is 12.8 Å². The molecule has 1 aromatic rings. The van der Waals surface area contributed by atoms with E-state index in [1.807, 2.05) is 0 Å². The SMILES string of the molecule is Cc1nc(CCNC(=O)NCC2(C(=O)O)CCCC2)no1. The minimum atomic E-state index is -0.831. The second kappa shape index (κ2) is 6.55. The van der Waals surface area contributed by atoms with Crippen molar-refractivity contribution in [1.82, 2.24) is 20.8 Å². The number of rotatable bonds is 6. The van der Waals surface area contributed by atoms with E-state index < -0.39 is 11.4 Å². The summed E-state index contributed by atoms with van der Waals surface area (Å²) < 4.78 is 4.82. The first-order chi connectivity index (χ1) is 10.0. The molecule has 0 saturated heterocycles. The second-order valence-corrected chi connectivity index (χ2v) is 5.38. The van der Waals surface area contributed by atoms with Gasteiger partial charge in [-0.1, -0.05) is 18.0 Å². The number of nitrogens with one attached hydrogen (secondary N) is 2. The van der Waals surface area contributed by atoms with Gasteiger partial charge in [0.05, 0.1) is 5.41 Å². The lowest BCUT2D eigenvalue weighted by Crippen LogP contribution is -2.45. The van der Waals surface area contributed by atoms with Crippen LogP contribution < -0.4 is 10.6 Å². The lowest BCUT2D eigenvalue weighted by atomic mass is 9.86. The molecule has 2 rings (SSSR count). The number of hydrogen-bond donors (Lipinski definition) is 3. The Morgan fingerprint density at radius 2 is 2.05 bits per heavy atom. The van der Waals surface area contributed by atoms with E-state index in [0.29, 0.717) is 37.5 Å². The molecule has 1 aliphatic rings. The van der Waals surface area contributed by atoms with Crippen LogP contribution in [0.15, 0.2) is 4.52 Å². The van der Waals surface area contributed by atoms with Crippen LogP contribution in [-0.4, -0.2) is 40.3 Å². The van der Waals surface area contributed by atoms with Gasteiger partial charge in [-0.2, -0.15) is 4.98 Å². The van der Waals surface area contributed by atoms with Gasteiger partial charge in [-0.15, -0.1) is 0 Å². The van der Waals surface area contributed by atoms with E-state index in [1.165, 1.54) is 0 Å². The zero-order valence-electron chi connectivity index (χ0n) is 12.0. The van der Waals surface area contributed by atoms with Gasteiger partial charge in [0.15, 0.2) is 5.82 Å². The van der Waals surface area contributed by atoms with E-state index in [1.54, 1.807) is 6.92 Å². The first-order valence-corrected chi connectivity index (χ1v) is 7.06. The molecule has 0 spiro atoms. The molecule has 3 N–H and O–H groups in total. The topological polar surface area (TPSA) is 117 Å². The zero-order valence-corrected chi connectivity index (χ0v) is 12.0. The fourth-order valence-corrected chi connectivity index (χ4v) is 2.56. The Bertz CT molecular complexity index is 508. The van der Waals surface area contributed by atoms with Crippen LogP contribution in [0.5, 0.6) is 0 Å². The van der Waals surface area contributed by atoms with Gasteiger partial charge >= 0.3 is 12.0 Å². The molecule has 1 fully saturated rings. The number of aryl methyl sites for hydroxylation is 1. The number of aliphatic carboxylic acids is 1. The third kappa shape index (κ3) is 3.93. The molecule has 1 heterocycles. The molecule has 0 aromatic carbocycles. The van der Waals surface area contributed by atoms with Crippen LogP contribution in [-0.2, 0) is 11.2 Å². The highest BCUT2D eigenvalue weighted by molar-refractivity contribution is 5.78. The van der Waals surface area contributed by atoms with Gasteiger partial charge in [0, 0.05) is 26.4 Å². The maximum Gasteiger partial charge on any atom is 0.314 e. The summed E-state index contributed by atoms with van der Waals surface area (Å²) in [5, 5.41) is 18.3. The van der Waals surface area contributed by atoms with E-state index in [9.17, 15) is 14.7 Å². The Morgan fingerprint density at radius 3 is 2.62 bits per heavy atom. The van der Waals surface area contributed by atoms with E-state index in [4.69, 9.17) is 4.52 Å². The molecule has 1 saturated carbocycles. The number of carboxylic acids is 1. The van der Waals surface area contributed by atoms with E-state index in [2.05, 4.69) is 20.8 Å². The Kier molecular flexibility index (Phi) is 4.77. The molecule has 8 heteroatoms. The largest absolute Gasteiger partial charge is 0.481 e. The minimum absolute atomic E-state index is 0.162. The molecular weight excluding hydrogens is 276 g/mol. The molecule has 0 aliphatic heterocycles. The Hall–Kier alpha value is -2.12. The highest BCUT2D eigenvalue weighted by Crippen LogP contribution is 2.37. The predicted molar refractivity (Wildman–Crippen MR) is 72.7 cm³/mol. The van der Waals surface area contributed by atoms with Gasteiger partial charge in [-0.05, 0) is 12.8 Å². The van der Waals surface area contributed by atoms with Crippen LogP contribution in [0, 0.1) is 12.3 Å². The molecule has 21 heavy (non-hydrogen) atoms. The lowest BCUT2D eigenvalue weighted by Gasteiger charge is -2.23. The smallest absolute Gasteiger partial charge is 0.314 e. The van der Waals surface area contributed by atoms with Gasteiger partial charge in [0.25, 0.3) is 0 Å². The monoisotopic (exact) mass is 296 g/mol. The number of carboxylic acid groups (broad SMARTS) is 1. The fraction of sp³-hybridized carbons (Fsp3) is 0.692. The van der Waals surface area contributed by atoms with Gasteiger partial charge < -0.3 is 20.3 Å². The lowest BCUT2D eigenvalue weighted by molar-refractivity contribution is -0.148. The van der Waals surface area contributed by atoms with Gasteiger partial charge in [0.2, 0.25) is 5.89 Å². The van der Waals surface area contributed by atoms with Crippen molar-refractivity contribution in [2.24, 2.45) is 5.41 Å². The van der Waals surface area contributed by atoms with Gasteiger partial charge in [-0.25, -0.2) is 4.79 Å². The molecular formula is C13H20N4O4. The third-order valence-corrected chi connectivity index (χ3v) is 3.81. The average molecular weight is 296 g/mol. The minimum Gasteiger partial charge on any atom is -0.481 e. The van der Waals surface area contributed by atoms with Crippen molar-refractivity contribution in [2.45, 2.75) is 39.0 Å². The van der Waals surface area contributed by atoms with Crippen molar-refractivity contribution in [3.8, 4) is 0 Å². The van der Waals surface area contributed by atoms with Crippen LogP contribution in [0.1, 0.15) is 37.4 Å². The molecule has 0 unspecified atom stereocenters. The molecule has 0 atom stereocenters. The van der Waals surface area contributed by atoms with Gasteiger partial charge in [-0.3, -0.25) is 4.79 Å². The first kappa shape index (κ1) is 15.3. The summed E-state index contributed by atoms with van der Waals surface area (Å²) in [6, 6.07) is -0.372. The summed E-state index contributed by atoms with van der Waals surface area (Å²) in [6.45, 7) is 2.23. The van der Waals surface area contributed by atoms with Crippen LogP contribution >= 0.6 is 0 Å². The van der Waals surface area contributed by atoms with Crippen LogP contribution in [0.3, 0.4) is 0 Å². The standard InChI is InChI=1S/C13H20N4O4/c1-9-16-10(17-21-9)4-7-14-12(20)15-8-13(11(18)19)5-2-3-6-13/h2-8H2,1H3,(H,18,19)(H2,14,15,20). The molecule has 1 aliphatic carbocycles. The molecule has 1 aromatic heterocycles. The van der Waals surface area contributed by atoms with Crippen LogP contribution in [0.2, 0.25) is 0 Å². The summed E-state index contributed by atoms with van der Waals surface area (Å²) in [6.07, 6.45) is 3.49. The summed E-state index contributed by atoms with van der Waals surface area (Å²) in [4.78, 5) is 27.0. The van der Waals surface area contributed by atoms with E-state index in [-0.39, 0.29) is 12.6 Å². The molecule has 2 amide bonds. The first-order valence-electron chi connectivity index (χ1n) is 7.06. The van der Waals surface area contributed by atoms with Crippen molar-refractivity contribution in [3.63, 3.8) is 0 Å². The maximum absolute atomic E-state index is 11.7. The quantitative estimate of drug-likeness (QED) is 0.717. The number of amides is 2. The Morgan fingerprint density at radius 1 is 1.33 bits per heavy atom. The highest BCUT2D eigenvalue weighted by atomic mass is 16.5. The highest BCUT2D eigenvalue weighted by Gasteiger charge is 2.41. The molecule has 0 radical (unpaired) electrons. The number of carbonyl (C=O) groups excluding carboxylic acids is 1. The average Bonchev–Trinajstić information content (AvgIpc) is 3.06. The number of aromatic nitrogens is 2. The molecule has 116 valence electrons. The summed E-state index contributed by atoms with van der Waals surface area (Å²) in [5.41, 5.74) is -0.803. The van der Waals surface area contributed by atoms with Gasteiger partial charge in [0.1, 0.15) is 0 Å². The zero-order chi connectivity index (χ0) is 15.3. The van der Waals surface area contributed by atoms with Crippen molar-refractivity contribution in [1.29, 1.82) is 0 Å². The van der Waals surface area contributed by atoms with Crippen molar-refractivity contribution >= 4 is 12.0 Å². The summed E-state index contributed by atoms with van der Waals surface area (Å²) in [5.74, 6) is 0.187. The summed E-state index contributed by atoms with van der Waals surface area (Å²) in [7, 11) is 0. The van der Waals surface area contributed by atoms with Crippen LogP contribution in [0.4, 0.5) is 4.79 Å². The second-order valence-electron chi connectivity index (χ2n) is 5.38. The van der Waals surface area contributed by atoms with Crippen molar-refractivity contribution in [3.05, 3.63) is 11.7 Å². The van der Waals surface area contributed by atoms with Crippen molar-refractivity contribution in [2.75, 3.05) is 13.1 Å². The Labute approximate surface area is 122 Å². The van der Waals surface area contributed by atoms with Crippen LogP contribution in [0.25, 0.3) is 0 Å². The summed E-state index contributed by atoms with van der Waals surface area (Å²) >= 11 is 0. The predicted octanol–water partition coefficient (Wildman–Crippen LogP) is 0.865. The molecule has 8 nitrogen and oxygen atoms in total. The number of carbonyl (C=O) groups is 2. The number of urea groups is 1. The number of hydrogen-bond acceptors (Lipinski definition) is 5. The normalized spacial score (nSPS) is 16.6. The Balaban J connectivity index is 1.71.